The highest BCUT2D eigenvalue weighted by molar-refractivity contribution is 6.17. The van der Waals surface area contributed by atoms with Crippen molar-refractivity contribution in [1.29, 1.82) is 0 Å². The van der Waals surface area contributed by atoms with Gasteiger partial charge in [-0.25, -0.2) is 0 Å². The van der Waals surface area contributed by atoms with Crippen LogP contribution in [0.5, 0.6) is 5.75 Å². The van der Waals surface area contributed by atoms with E-state index in [1.54, 1.807) is 0 Å². The maximum absolute atomic E-state index is 13.3. The lowest BCUT2D eigenvalue weighted by Crippen LogP contribution is -2.28. The second kappa shape index (κ2) is 9.48. The summed E-state index contributed by atoms with van der Waals surface area (Å²) in [4.78, 5) is 13.3. The largest absolute Gasteiger partial charge is 0.494 e. The monoisotopic (exact) mass is 407 g/mol. The third kappa shape index (κ3) is 5.51. The SMILES string of the molecule is CC(C)c1oc2ccccc2c1C(=O)c1ccc(OCCCNCC(C)(C)C)cc1. The molecular formula is C26H33NO3. The van der Waals surface area contributed by atoms with Gasteiger partial charge in [-0.1, -0.05) is 52.8 Å². The Morgan fingerprint density at radius 1 is 1.07 bits per heavy atom. The van der Waals surface area contributed by atoms with E-state index in [0.717, 1.165) is 42.0 Å². The van der Waals surface area contributed by atoms with E-state index in [4.69, 9.17) is 9.15 Å². The Kier molecular flexibility index (Phi) is 6.99. The molecule has 30 heavy (non-hydrogen) atoms. The first kappa shape index (κ1) is 22.1. The van der Waals surface area contributed by atoms with Crippen LogP contribution in [0.1, 0.15) is 68.6 Å². The summed E-state index contributed by atoms with van der Waals surface area (Å²) in [5.74, 6) is 1.64. The number of furan rings is 1. The number of hydrogen-bond donors (Lipinski definition) is 1. The molecule has 3 aromatic rings. The van der Waals surface area contributed by atoms with E-state index in [2.05, 4.69) is 26.1 Å². The van der Waals surface area contributed by atoms with Crippen molar-refractivity contribution in [3.8, 4) is 5.75 Å². The van der Waals surface area contributed by atoms with Gasteiger partial charge >= 0.3 is 0 Å². The fraction of sp³-hybridized carbons (Fsp3) is 0.423. The van der Waals surface area contributed by atoms with E-state index < -0.39 is 0 Å². The van der Waals surface area contributed by atoms with Crippen LogP contribution >= 0.6 is 0 Å². The Hall–Kier alpha value is -2.59. The van der Waals surface area contributed by atoms with E-state index >= 15 is 0 Å². The van der Waals surface area contributed by atoms with Crippen molar-refractivity contribution in [2.75, 3.05) is 19.7 Å². The number of rotatable bonds is 9. The van der Waals surface area contributed by atoms with E-state index in [1.807, 2.05) is 62.4 Å². The third-order valence-electron chi connectivity index (χ3n) is 4.91. The van der Waals surface area contributed by atoms with Gasteiger partial charge in [-0.15, -0.1) is 0 Å². The van der Waals surface area contributed by atoms with Crippen molar-refractivity contribution in [3.05, 3.63) is 65.4 Å². The first-order valence-electron chi connectivity index (χ1n) is 10.8. The van der Waals surface area contributed by atoms with Crippen molar-refractivity contribution in [2.24, 2.45) is 5.41 Å². The number of carbonyl (C=O) groups excluding carboxylic acids is 1. The van der Waals surface area contributed by atoms with Crippen LogP contribution in [-0.2, 0) is 0 Å². The van der Waals surface area contributed by atoms with Crippen molar-refractivity contribution < 1.29 is 13.9 Å². The molecule has 160 valence electrons. The van der Waals surface area contributed by atoms with E-state index in [-0.39, 0.29) is 11.7 Å². The zero-order valence-corrected chi connectivity index (χ0v) is 18.7. The molecule has 0 saturated carbocycles. The van der Waals surface area contributed by atoms with E-state index in [0.29, 0.717) is 23.1 Å². The fourth-order valence-corrected chi connectivity index (χ4v) is 3.40. The molecule has 3 rings (SSSR count). The summed E-state index contributed by atoms with van der Waals surface area (Å²) in [6.07, 6.45) is 0.940. The van der Waals surface area contributed by atoms with Gasteiger partial charge in [0.15, 0.2) is 5.78 Å². The molecule has 0 aliphatic heterocycles. The maximum atomic E-state index is 13.3. The number of carbonyl (C=O) groups is 1. The molecule has 0 aliphatic rings. The Balaban J connectivity index is 1.64. The molecule has 0 saturated heterocycles. The molecule has 0 spiro atoms. The van der Waals surface area contributed by atoms with Gasteiger partial charge in [-0.2, -0.15) is 0 Å². The lowest BCUT2D eigenvalue weighted by atomic mass is 9.96. The summed E-state index contributed by atoms with van der Waals surface area (Å²) in [5, 5.41) is 4.32. The highest BCUT2D eigenvalue weighted by atomic mass is 16.5. The first-order valence-corrected chi connectivity index (χ1v) is 10.8. The molecule has 1 heterocycles. The second-order valence-electron chi connectivity index (χ2n) is 9.29. The number of ketones is 1. The normalized spacial score (nSPS) is 11.9. The van der Waals surface area contributed by atoms with Crippen LogP contribution in [0.25, 0.3) is 11.0 Å². The first-order chi connectivity index (χ1) is 14.3. The fourth-order valence-electron chi connectivity index (χ4n) is 3.40. The molecule has 0 fully saturated rings. The lowest BCUT2D eigenvalue weighted by molar-refractivity contribution is 0.103. The highest BCUT2D eigenvalue weighted by Crippen LogP contribution is 2.32. The van der Waals surface area contributed by atoms with Crippen LogP contribution in [0, 0.1) is 5.41 Å². The quantitative estimate of drug-likeness (QED) is 0.339. The molecule has 4 heteroatoms. The Morgan fingerprint density at radius 3 is 2.43 bits per heavy atom. The Morgan fingerprint density at radius 2 is 1.77 bits per heavy atom. The highest BCUT2D eigenvalue weighted by Gasteiger charge is 2.23. The van der Waals surface area contributed by atoms with Gasteiger partial charge in [0.05, 0.1) is 12.2 Å². The Bertz CT molecular complexity index is 978. The molecule has 1 aromatic heterocycles. The number of ether oxygens (including phenoxy) is 1. The topological polar surface area (TPSA) is 51.5 Å². The summed E-state index contributed by atoms with van der Waals surface area (Å²) in [6.45, 7) is 13.3. The minimum atomic E-state index is -0.0124. The summed E-state index contributed by atoms with van der Waals surface area (Å²) < 4.78 is 11.8. The van der Waals surface area contributed by atoms with Crippen molar-refractivity contribution in [2.45, 2.75) is 47.0 Å². The zero-order valence-electron chi connectivity index (χ0n) is 18.7. The van der Waals surface area contributed by atoms with Crippen LogP contribution in [0.3, 0.4) is 0 Å². The smallest absolute Gasteiger partial charge is 0.197 e. The molecule has 0 amide bonds. The van der Waals surface area contributed by atoms with Gasteiger partial charge in [0, 0.05) is 16.9 Å². The van der Waals surface area contributed by atoms with Gasteiger partial charge < -0.3 is 14.5 Å². The Labute approximate surface area is 179 Å². The van der Waals surface area contributed by atoms with E-state index in [1.165, 1.54) is 0 Å². The standard InChI is InChI=1S/C26H33NO3/c1-18(2)25-23(21-9-6-7-10-22(21)30-25)24(28)19-11-13-20(14-12-19)29-16-8-15-27-17-26(3,4)5/h6-7,9-14,18,27H,8,15-17H2,1-5H3. The maximum Gasteiger partial charge on any atom is 0.197 e. The number of para-hydroxylation sites is 1. The van der Waals surface area contributed by atoms with Crippen LogP contribution in [0.15, 0.2) is 52.9 Å². The van der Waals surface area contributed by atoms with E-state index in [9.17, 15) is 4.79 Å². The number of benzene rings is 2. The summed E-state index contributed by atoms with van der Waals surface area (Å²) in [7, 11) is 0. The minimum Gasteiger partial charge on any atom is -0.494 e. The van der Waals surface area contributed by atoms with Crippen LogP contribution < -0.4 is 10.1 Å². The summed E-state index contributed by atoms with van der Waals surface area (Å²) in [6, 6.07) is 15.1. The van der Waals surface area contributed by atoms with Gasteiger partial charge in [-0.05, 0) is 55.3 Å². The number of fused-ring (bicyclic) bond motifs is 1. The van der Waals surface area contributed by atoms with Crippen LogP contribution in [0.4, 0.5) is 0 Å². The van der Waals surface area contributed by atoms with Gasteiger partial charge in [0.2, 0.25) is 0 Å². The number of nitrogens with one attached hydrogen (secondary N) is 1. The third-order valence-corrected chi connectivity index (χ3v) is 4.91. The zero-order chi connectivity index (χ0) is 21.7. The number of hydrogen-bond acceptors (Lipinski definition) is 4. The molecule has 4 nitrogen and oxygen atoms in total. The minimum absolute atomic E-state index is 0.0124. The van der Waals surface area contributed by atoms with Crippen molar-refractivity contribution in [1.82, 2.24) is 5.32 Å². The van der Waals surface area contributed by atoms with Gasteiger partial charge in [0.1, 0.15) is 17.1 Å². The van der Waals surface area contributed by atoms with Gasteiger partial charge in [0.25, 0.3) is 0 Å². The summed E-state index contributed by atoms with van der Waals surface area (Å²) >= 11 is 0. The molecular weight excluding hydrogens is 374 g/mol. The predicted octanol–water partition coefficient (Wildman–Crippen LogP) is 6.19. The van der Waals surface area contributed by atoms with Gasteiger partial charge in [-0.3, -0.25) is 4.79 Å². The lowest BCUT2D eigenvalue weighted by Gasteiger charge is -2.18. The predicted molar refractivity (Wildman–Crippen MR) is 123 cm³/mol. The molecule has 0 radical (unpaired) electrons. The molecule has 0 aliphatic carbocycles. The van der Waals surface area contributed by atoms with Crippen molar-refractivity contribution in [3.63, 3.8) is 0 Å². The molecule has 2 aromatic carbocycles. The van der Waals surface area contributed by atoms with Crippen LogP contribution in [-0.4, -0.2) is 25.5 Å². The molecule has 0 atom stereocenters. The van der Waals surface area contributed by atoms with Crippen LogP contribution in [0.2, 0.25) is 0 Å². The van der Waals surface area contributed by atoms with Crippen molar-refractivity contribution >= 4 is 16.8 Å². The molecule has 0 bridgehead atoms. The average Bonchev–Trinajstić information content (AvgIpc) is 3.10. The molecule has 1 N–H and O–H groups in total. The molecule has 0 unspecified atom stereocenters. The average molecular weight is 408 g/mol. The summed E-state index contributed by atoms with van der Waals surface area (Å²) in [5.41, 5.74) is 2.35. The second-order valence-corrected chi connectivity index (χ2v) is 9.29.